The van der Waals surface area contributed by atoms with E-state index >= 15 is 0 Å². The quantitative estimate of drug-likeness (QED) is 0.628. The topological polar surface area (TPSA) is 33.9 Å². The highest BCUT2D eigenvalue weighted by Gasteiger charge is 2.23. The summed E-state index contributed by atoms with van der Waals surface area (Å²) in [4.78, 5) is 6.78. The van der Waals surface area contributed by atoms with E-state index in [2.05, 4.69) is 59.7 Å². The molecule has 0 unspecified atom stereocenters. The second kappa shape index (κ2) is 7.30. The molecule has 1 fully saturated rings. The minimum atomic E-state index is 0.937. The van der Waals surface area contributed by atoms with E-state index in [0.29, 0.717) is 0 Å². The Morgan fingerprint density at radius 1 is 0.880 bits per heavy atom. The number of ether oxygens (including phenoxy) is 1. The molecule has 0 saturated carbocycles. The molecule has 1 aliphatic heterocycles. The number of H-pyrrole nitrogens is 1. The third-order valence-corrected chi connectivity index (χ3v) is 5.39. The van der Waals surface area contributed by atoms with Gasteiger partial charge in [-0.15, -0.1) is 0 Å². The molecule has 4 nitrogen and oxygen atoms in total. The molecule has 0 radical (unpaired) electrons. The SMILES string of the molecule is COc1ccc(C[NH+]2CC[NH+](Cc3c[nH]c4ccccc34)CC2)cc1. The average molecular weight is 337 g/mol. The van der Waals surface area contributed by atoms with Gasteiger partial charge in [0.25, 0.3) is 0 Å². The van der Waals surface area contributed by atoms with Crippen LogP contribution in [0.3, 0.4) is 0 Å². The van der Waals surface area contributed by atoms with E-state index in [1.165, 1.54) is 48.2 Å². The lowest BCUT2D eigenvalue weighted by Gasteiger charge is -2.29. The van der Waals surface area contributed by atoms with Crippen LogP contribution in [0, 0.1) is 0 Å². The summed E-state index contributed by atoms with van der Waals surface area (Å²) in [7, 11) is 1.72. The second-order valence-corrected chi connectivity index (χ2v) is 7.06. The van der Waals surface area contributed by atoms with Crippen molar-refractivity contribution in [1.82, 2.24) is 4.98 Å². The van der Waals surface area contributed by atoms with E-state index in [4.69, 9.17) is 4.74 Å². The third-order valence-electron chi connectivity index (χ3n) is 5.39. The fourth-order valence-corrected chi connectivity index (χ4v) is 3.89. The van der Waals surface area contributed by atoms with Gasteiger partial charge in [-0.25, -0.2) is 0 Å². The molecule has 1 aromatic heterocycles. The lowest BCUT2D eigenvalue weighted by Crippen LogP contribution is -3.27. The summed E-state index contributed by atoms with van der Waals surface area (Å²) in [5.41, 5.74) is 4.10. The Morgan fingerprint density at radius 3 is 2.28 bits per heavy atom. The average Bonchev–Trinajstić information content (AvgIpc) is 3.07. The summed E-state index contributed by atoms with van der Waals surface area (Å²) >= 11 is 0. The number of methoxy groups -OCH3 is 1. The van der Waals surface area contributed by atoms with Crippen LogP contribution in [0.25, 0.3) is 10.9 Å². The van der Waals surface area contributed by atoms with Crippen LogP contribution in [0.1, 0.15) is 11.1 Å². The summed E-state index contributed by atoms with van der Waals surface area (Å²) in [5.74, 6) is 0.937. The first-order valence-electron chi connectivity index (χ1n) is 9.17. The zero-order valence-electron chi connectivity index (χ0n) is 14.8. The Bertz CT molecular complexity index is 817. The number of hydrogen-bond acceptors (Lipinski definition) is 1. The second-order valence-electron chi connectivity index (χ2n) is 7.06. The van der Waals surface area contributed by atoms with E-state index in [1.807, 2.05) is 0 Å². The van der Waals surface area contributed by atoms with Crippen LogP contribution < -0.4 is 14.5 Å². The van der Waals surface area contributed by atoms with Crippen LogP contribution in [0.2, 0.25) is 0 Å². The normalized spacial score (nSPS) is 20.7. The maximum absolute atomic E-state index is 5.24. The van der Waals surface area contributed by atoms with Crippen molar-refractivity contribution in [2.75, 3.05) is 33.3 Å². The highest BCUT2D eigenvalue weighted by atomic mass is 16.5. The molecule has 2 heterocycles. The van der Waals surface area contributed by atoms with Crippen molar-refractivity contribution in [1.29, 1.82) is 0 Å². The molecule has 0 aliphatic carbocycles. The molecule has 130 valence electrons. The van der Waals surface area contributed by atoms with Gasteiger partial charge in [0, 0.05) is 28.2 Å². The zero-order valence-corrected chi connectivity index (χ0v) is 14.8. The van der Waals surface area contributed by atoms with Crippen LogP contribution in [0.15, 0.2) is 54.7 Å². The van der Waals surface area contributed by atoms with Crippen LogP contribution in [-0.4, -0.2) is 38.3 Å². The molecular formula is C21H27N3O+2. The predicted molar refractivity (Wildman–Crippen MR) is 100 cm³/mol. The van der Waals surface area contributed by atoms with Gasteiger partial charge < -0.3 is 19.5 Å². The van der Waals surface area contributed by atoms with E-state index < -0.39 is 0 Å². The van der Waals surface area contributed by atoms with Crippen molar-refractivity contribution in [3.8, 4) is 5.75 Å². The first-order chi connectivity index (χ1) is 12.3. The zero-order chi connectivity index (χ0) is 17.1. The van der Waals surface area contributed by atoms with Gasteiger partial charge in [0.1, 0.15) is 45.0 Å². The number of rotatable bonds is 5. The largest absolute Gasteiger partial charge is 0.497 e. The van der Waals surface area contributed by atoms with Crippen molar-refractivity contribution in [3.05, 3.63) is 65.9 Å². The first kappa shape index (κ1) is 16.2. The summed E-state index contributed by atoms with van der Waals surface area (Å²) < 4.78 is 5.24. The molecule has 0 atom stereocenters. The van der Waals surface area contributed by atoms with E-state index in [0.717, 1.165) is 18.8 Å². The van der Waals surface area contributed by atoms with Crippen LogP contribution in [0.5, 0.6) is 5.75 Å². The lowest BCUT2D eigenvalue weighted by molar-refractivity contribution is -1.02. The lowest BCUT2D eigenvalue weighted by atomic mass is 10.1. The number of fused-ring (bicyclic) bond motifs is 1. The van der Waals surface area contributed by atoms with Gasteiger partial charge in [0.2, 0.25) is 0 Å². The highest BCUT2D eigenvalue weighted by molar-refractivity contribution is 5.82. The maximum Gasteiger partial charge on any atom is 0.127 e. The molecule has 3 N–H and O–H groups in total. The number of aromatic nitrogens is 1. The molecule has 3 aromatic rings. The number of quaternary nitrogens is 2. The van der Waals surface area contributed by atoms with Gasteiger partial charge in [-0.1, -0.05) is 18.2 Å². The van der Waals surface area contributed by atoms with E-state index in [9.17, 15) is 0 Å². The molecule has 1 aliphatic rings. The number of aromatic amines is 1. The first-order valence-corrected chi connectivity index (χ1v) is 9.17. The van der Waals surface area contributed by atoms with Crippen molar-refractivity contribution in [2.24, 2.45) is 0 Å². The summed E-state index contributed by atoms with van der Waals surface area (Å²) in [6.07, 6.45) is 2.19. The van der Waals surface area contributed by atoms with Gasteiger partial charge in [-0.05, 0) is 30.3 Å². The highest BCUT2D eigenvalue weighted by Crippen LogP contribution is 2.16. The number of piperazine rings is 1. The number of nitrogens with one attached hydrogen (secondary N) is 3. The Labute approximate surface area is 149 Å². The van der Waals surface area contributed by atoms with Crippen LogP contribution >= 0.6 is 0 Å². The molecule has 0 amide bonds. The standard InChI is InChI=1S/C21H25N3O/c1-25-19-8-6-17(7-9-19)15-23-10-12-24(13-11-23)16-18-14-22-21-5-3-2-4-20(18)21/h2-9,14,22H,10-13,15-16H2,1H3/p+2. The molecule has 4 rings (SSSR count). The summed E-state index contributed by atoms with van der Waals surface area (Å²) in [6.45, 7) is 7.20. The van der Waals surface area contributed by atoms with Gasteiger partial charge in [-0.2, -0.15) is 0 Å². The molecule has 4 heteroatoms. The predicted octanol–water partition coefficient (Wildman–Crippen LogP) is 0.660. The van der Waals surface area contributed by atoms with Crippen LogP contribution in [0.4, 0.5) is 0 Å². The Balaban J connectivity index is 1.32. The van der Waals surface area contributed by atoms with Crippen LogP contribution in [-0.2, 0) is 13.1 Å². The third kappa shape index (κ3) is 3.70. The van der Waals surface area contributed by atoms with E-state index in [1.54, 1.807) is 16.9 Å². The summed E-state index contributed by atoms with van der Waals surface area (Å²) in [5, 5.41) is 1.38. The fraction of sp³-hybridized carbons (Fsp3) is 0.333. The molecule has 2 aromatic carbocycles. The molecule has 0 spiro atoms. The minimum absolute atomic E-state index is 0.937. The Hall–Kier alpha value is -2.30. The van der Waals surface area contributed by atoms with Gasteiger partial charge >= 0.3 is 0 Å². The molecule has 1 saturated heterocycles. The van der Waals surface area contributed by atoms with E-state index in [-0.39, 0.29) is 0 Å². The van der Waals surface area contributed by atoms with Crippen molar-refractivity contribution < 1.29 is 14.5 Å². The van der Waals surface area contributed by atoms with Crippen molar-refractivity contribution in [3.63, 3.8) is 0 Å². The maximum atomic E-state index is 5.24. The van der Waals surface area contributed by atoms with Gasteiger partial charge in [-0.3, -0.25) is 0 Å². The molecular weight excluding hydrogens is 310 g/mol. The minimum Gasteiger partial charge on any atom is -0.497 e. The molecule has 25 heavy (non-hydrogen) atoms. The van der Waals surface area contributed by atoms with Gasteiger partial charge in [0.05, 0.1) is 7.11 Å². The summed E-state index contributed by atoms with van der Waals surface area (Å²) in [6, 6.07) is 17.1. The van der Waals surface area contributed by atoms with Gasteiger partial charge in [0.15, 0.2) is 0 Å². The number of para-hydroxylation sites is 1. The van der Waals surface area contributed by atoms with Crippen molar-refractivity contribution >= 4 is 10.9 Å². The van der Waals surface area contributed by atoms with Crippen molar-refractivity contribution in [2.45, 2.75) is 13.1 Å². The monoisotopic (exact) mass is 337 g/mol. The Kier molecular flexibility index (Phi) is 4.72. The fourth-order valence-electron chi connectivity index (χ4n) is 3.89. The number of benzene rings is 2. The smallest absolute Gasteiger partial charge is 0.127 e. The number of hydrogen-bond donors (Lipinski definition) is 3. The Morgan fingerprint density at radius 2 is 1.56 bits per heavy atom. The molecule has 0 bridgehead atoms.